The maximum absolute atomic E-state index is 15.2. The second-order valence-corrected chi connectivity index (χ2v) is 10.6. The standard InChI is InChI=1S/C28H31FN6O5/c1-18-13-34(26-12-30-20(16-37)11-31-26)15-19(18)14-32-4-6-33(7-5-32)25-10-23-22(9-24(25)29)27(39)35(28(23)40)21(17-38)3-2-8-36/h8-12,16-19,21H,2-7,13-15H2,1H3/t18?,19-,21?/m1/s1. The SMILES string of the molecule is CC1CN(c2cnc(C=O)cn2)C[C@H]1CN1CCN(c2cc3c(cc2F)C(=O)N(C(C=O)CCC=O)C3=O)CC1. The van der Waals surface area contributed by atoms with Gasteiger partial charge in [0.15, 0.2) is 6.29 Å². The first kappa shape index (κ1) is 27.5. The molecular formula is C28H31FN6O5. The van der Waals surface area contributed by atoms with E-state index in [1.807, 2.05) is 4.90 Å². The van der Waals surface area contributed by atoms with Gasteiger partial charge in [-0.05, 0) is 30.4 Å². The van der Waals surface area contributed by atoms with E-state index in [9.17, 15) is 24.0 Å². The molecule has 3 aliphatic rings. The highest BCUT2D eigenvalue weighted by Crippen LogP contribution is 2.33. The van der Waals surface area contributed by atoms with Gasteiger partial charge in [0, 0.05) is 52.2 Å². The van der Waals surface area contributed by atoms with Crippen molar-refractivity contribution < 1.29 is 28.4 Å². The molecule has 0 radical (unpaired) electrons. The van der Waals surface area contributed by atoms with Crippen molar-refractivity contribution in [1.82, 2.24) is 19.8 Å². The summed E-state index contributed by atoms with van der Waals surface area (Å²) in [4.78, 5) is 74.7. The highest BCUT2D eigenvalue weighted by Gasteiger charge is 2.41. The summed E-state index contributed by atoms with van der Waals surface area (Å²) in [6.07, 6.45) is 4.95. The normalized spacial score (nSPS) is 22.0. The first-order valence-electron chi connectivity index (χ1n) is 13.4. The van der Waals surface area contributed by atoms with Crippen molar-refractivity contribution in [2.24, 2.45) is 11.8 Å². The van der Waals surface area contributed by atoms with Crippen molar-refractivity contribution >= 4 is 42.2 Å². The van der Waals surface area contributed by atoms with Gasteiger partial charge in [-0.15, -0.1) is 0 Å². The second kappa shape index (κ2) is 11.6. The summed E-state index contributed by atoms with van der Waals surface area (Å²) in [6, 6.07) is 1.43. The number of fused-ring (bicyclic) bond motifs is 1. The zero-order valence-electron chi connectivity index (χ0n) is 22.2. The fourth-order valence-corrected chi connectivity index (χ4v) is 5.83. The average molecular weight is 551 g/mol. The van der Waals surface area contributed by atoms with Crippen molar-refractivity contribution in [3.05, 3.63) is 47.2 Å². The molecule has 210 valence electrons. The van der Waals surface area contributed by atoms with E-state index < -0.39 is 23.7 Å². The van der Waals surface area contributed by atoms with Crippen LogP contribution < -0.4 is 9.80 Å². The van der Waals surface area contributed by atoms with Crippen LogP contribution in [-0.2, 0) is 9.59 Å². The van der Waals surface area contributed by atoms with Crippen LogP contribution in [0.5, 0.6) is 0 Å². The number of amides is 2. The van der Waals surface area contributed by atoms with Crippen LogP contribution >= 0.6 is 0 Å². The topological polar surface area (TPSA) is 124 Å². The molecule has 12 heteroatoms. The van der Waals surface area contributed by atoms with Crippen LogP contribution in [0.3, 0.4) is 0 Å². The van der Waals surface area contributed by atoms with Crippen LogP contribution in [-0.4, -0.2) is 102 Å². The highest BCUT2D eigenvalue weighted by molar-refractivity contribution is 6.22. The lowest BCUT2D eigenvalue weighted by atomic mass is 9.97. The second-order valence-electron chi connectivity index (χ2n) is 10.6. The first-order valence-corrected chi connectivity index (χ1v) is 13.4. The number of imide groups is 1. The molecule has 2 aromatic rings. The molecule has 0 bridgehead atoms. The molecule has 3 atom stereocenters. The third-order valence-corrected chi connectivity index (χ3v) is 8.13. The van der Waals surface area contributed by atoms with E-state index in [0.29, 0.717) is 62.6 Å². The number of anilines is 2. The maximum Gasteiger partial charge on any atom is 0.262 e. The van der Waals surface area contributed by atoms with Crippen LogP contribution in [0.1, 0.15) is 51.0 Å². The van der Waals surface area contributed by atoms with Gasteiger partial charge in [-0.25, -0.2) is 14.4 Å². The number of aromatic nitrogens is 2. The van der Waals surface area contributed by atoms with Gasteiger partial charge in [0.05, 0.1) is 35.2 Å². The number of carbonyl (C=O) groups is 5. The molecule has 0 aliphatic carbocycles. The Labute approximate surface area is 230 Å². The van der Waals surface area contributed by atoms with Gasteiger partial charge >= 0.3 is 0 Å². The predicted octanol–water partition coefficient (Wildman–Crippen LogP) is 1.47. The smallest absolute Gasteiger partial charge is 0.262 e. The van der Waals surface area contributed by atoms with Gasteiger partial charge < -0.3 is 19.4 Å². The number of carbonyl (C=O) groups excluding carboxylic acids is 5. The molecule has 3 aliphatic heterocycles. The fraction of sp³-hybridized carbons (Fsp3) is 0.464. The van der Waals surface area contributed by atoms with Crippen LogP contribution in [0.25, 0.3) is 0 Å². The van der Waals surface area contributed by atoms with Gasteiger partial charge in [-0.1, -0.05) is 6.92 Å². The Morgan fingerprint density at radius 2 is 1.70 bits per heavy atom. The van der Waals surface area contributed by atoms with Gasteiger partial charge in [0.25, 0.3) is 11.8 Å². The van der Waals surface area contributed by atoms with Crippen LogP contribution in [0.4, 0.5) is 15.9 Å². The molecule has 2 amide bonds. The summed E-state index contributed by atoms with van der Waals surface area (Å²) in [5.74, 6) is -0.348. The number of aldehydes is 3. The molecule has 2 unspecified atom stereocenters. The van der Waals surface area contributed by atoms with Gasteiger partial charge in [0.1, 0.15) is 29.9 Å². The van der Waals surface area contributed by atoms with Crippen molar-refractivity contribution in [3.8, 4) is 0 Å². The summed E-state index contributed by atoms with van der Waals surface area (Å²) in [5, 5.41) is 0. The average Bonchev–Trinajstić information content (AvgIpc) is 3.45. The molecule has 5 rings (SSSR count). The number of hydrogen-bond acceptors (Lipinski definition) is 10. The lowest BCUT2D eigenvalue weighted by molar-refractivity contribution is -0.112. The summed E-state index contributed by atoms with van der Waals surface area (Å²) in [5.41, 5.74) is 0.576. The Morgan fingerprint density at radius 3 is 2.33 bits per heavy atom. The van der Waals surface area contributed by atoms with Crippen molar-refractivity contribution in [3.63, 3.8) is 0 Å². The van der Waals surface area contributed by atoms with E-state index in [4.69, 9.17) is 0 Å². The lowest BCUT2D eigenvalue weighted by Crippen LogP contribution is -2.48. The molecule has 11 nitrogen and oxygen atoms in total. The molecule has 0 saturated carbocycles. The van der Waals surface area contributed by atoms with E-state index >= 15 is 4.39 Å². The number of benzene rings is 1. The maximum atomic E-state index is 15.2. The minimum atomic E-state index is -1.07. The molecule has 2 fully saturated rings. The molecule has 1 aromatic heterocycles. The third kappa shape index (κ3) is 5.23. The summed E-state index contributed by atoms with van der Waals surface area (Å²) >= 11 is 0. The molecule has 0 spiro atoms. The predicted molar refractivity (Wildman–Crippen MR) is 143 cm³/mol. The largest absolute Gasteiger partial charge is 0.367 e. The monoisotopic (exact) mass is 550 g/mol. The zero-order valence-corrected chi connectivity index (χ0v) is 22.2. The van der Waals surface area contributed by atoms with E-state index in [-0.39, 0.29) is 29.7 Å². The number of halogens is 1. The summed E-state index contributed by atoms with van der Waals surface area (Å²) < 4.78 is 15.2. The van der Waals surface area contributed by atoms with Crippen LogP contribution in [0.2, 0.25) is 0 Å². The van der Waals surface area contributed by atoms with Crippen molar-refractivity contribution in [2.75, 3.05) is 55.6 Å². The Morgan fingerprint density at radius 1 is 0.975 bits per heavy atom. The first-order chi connectivity index (χ1) is 19.3. The lowest BCUT2D eigenvalue weighted by Gasteiger charge is -2.37. The van der Waals surface area contributed by atoms with E-state index in [1.165, 1.54) is 12.3 Å². The van der Waals surface area contributed by atoms with Gasteiger partial charge in [-0.3, -0.25) is 24.2 Å². The number of rotatable bonds is 10. The van der Waals surface area contributed by atoms with Crippen LogP contribution in [0, 0.1) is 17.7 Å². The molecule has 40 heavy (non-hydrogen) atoms. The number of piperazine rings is 1. The Balaban J connectivity index is 1.21. The number of hydrogen-bond donors (Lipinski definition) is 0. The van der Waals surface area contributed by atoms with Crippen molar-refractivity contribution in [2.45, 2.75) is 25.8 Å². The van der Waals surface area contributed by atoms with Gasteiger partial charge in [-0.2, -0.15) is 0 Å². The molecule has 1 aromatic carbocycles. The molecular weight excluding hydrogens is 519 g/mol. The molecule has 2 saturated heterocycles. The zero-order chi connectivity index (χ0) is 28.4. The number of nitrogens with zero attached hydrogens (tertiary/aromatic N) is 6. The Hall–Kier alpha value is -4.06. The fourth-order valence-electron chi connectivity index (χ4n) is 5.83. The van der Waals surface area contributed by atoms with Crippen LogP contribution in [0.15, 0.2) is 24.5 Å². The Kier molecular flexibility index (Phi) is 7.97. The molecule has 4 heterocycles. The van der Waals surface area contributed by atoms with E-state index in [1.54, 1.807) is 6.20 Å². The summed E-state index contributed by atoms with van der Waals surface area (Å²) in [6.45, 7) is 7.32. The van der Waals surface area contributed by atoms with E-state index in [0.717, 1.165) is 36.4 Å². The van der Waals surface area contributed by atoms with Gasteiger partial charge in [0.2, 0.25) is 0 Å². The molecule has 0 N–H and O–H groups in total. The van der Waals surface area contributed by atoms with E-state index in [2.05, 4.69) is 26.7 Å². The third-order valence-electron chi connectivity index (χ3n) is 8.13. The quantitative estimate of drug-likeness (QED) is 0.317. The minimum absolute atomic E-state index is 0.0287. The highest BCUT2D eigenvalue weighted by atomic mass is 19.1. The summed E-state index contributed by atoms with van der Waals surface area (Å²) in [7, 11) is 0. The minimum Gasteiger partial charge on any atom is -0.367 e. The Bertz CT molecular complexity index is 1310. The van der Waals surface area contributed by atoms with Crippen molar-refractivity contribution in [1.29, 1.82) is 0 Å².